The number of ether oxygens (including phenoxy) is 1. The topological polar surface area (TPSA) is 71.2 Å². The predicted octanol–water partition coefficient (Wildman–Crippen LogP) is 2.40. The van der Waals surface area contributed by atoms with Crippen LogP contribution >= 0.6 is 11.3 Å². The molecule has 0 radical (unpaired) electrons. The van der Waals surface area contributed by atoms with Crippen molar-refractivity contribution in [2.24, 2.45) is 0 Å². The van der Waals surface area contributed by atoms with Crippen LogP contribution in [0.3, 0.4) is 0 Å². The highest BCUT2D eigenvalue weighted by Crippen LogP contribution is 2.21. The number of H-pyrrole nitrogens is 1. The summed E-state index contributed by atoms with van der Waals surface area (Å²) in [5, 5.41) is 4.73. The molecule has 1 amide bonds. The van der Waals surface area contributed by atoms with Gasteiger partial charge in [0.05, 0.1) is 16.7 Å². The van der Waals surface area contributed by atoms with Gasteiger partial charge in [-0.1, -0.05) is 6.07 Å². The second kappa shape index (κ2) is 6.89. The Bertz CT molecular complexity index is 688. The lowest BCUT2D eigenvalue weighted by atomic mass is 10.1. The van der Waals surface area contributed by atoms with Crippen LogP contribution in [0, 0.1) is 0 Å². The summed E-state index contributed by atoms with van der Waals surface area (Å²) in [5.74, 6) is -0.354. The van der Waals surface area contributed by atoms with Gasteiger partial charge in [0.25, 0.3) is 11.5 Å². The van der Waals surface area contributed by atoms with Gasteiger partial charge in [-0.2, -0.15) is 0 Å². The van der Waals surface area contributed by atoms with Crippen molar-refractivity contribution in [3.05, 3.63) is 45.6 Å². The van der Waals surface area contributed by atoms with E-state index in [0.717, 1.165) is 36.4 Å². The van der Waals surface area contributed by atoms with Crippen molar-refractivity contribution in [3.8, 4) is 10.6 Å². The van der Waals surface area contributed by atoms with Gasteiger partial charge in [0.2, 0.25) is 0 Å². The smallest absolute Gasteiger partial charge is 0.261 e. The molecule has 2 N–H and O–H groups in total. The molecule has 1 atom stereocenters. The van der Waals surface area contributed by atoms with Gasteiger partial charge in [-0.3, -0.25) is 9.59 Å². The van der Waals surface area contributed by atoms with Crippen LogP contribution in [-0.2, 0) is 4.74 Å². The maximum atomic E-state index is 12.1. The van der Waals surface area contributed by atoms with Gasteiger partial charge in [0.15, 0.2) is 0 Å². The Morgan fingerprint density at radius 2 is 2.27 bits per heavy atom. The second-order valence-electron chi connectivity index (χ2n) is 5.29. The molecule has 0 aliphatic carbocycles. The van der Waals surface area contributed by atoms with Crippen molar-refractivity contribution >= 4 is 17.2 Å². The molecule has 0 bridgehead atoms. The molecule has 116 valence electrons. The molecule has 3 rings (SSSR count). The molecule has 5 nitrogen and oxygen atoms in total. The van der Waals surface area contributed by atoms with Gasteiger partial charge in [-0.05, 0) is 42.8 Å². The minimum absolute atomic E-state index is 0.0576. The highest BCUT2D eigenvalue weighted by atomic mass is 32.1. The summed E-state index contributed by atoms with van der Waals surface area (Å²) in [6.45, 7) is 1.20. The first kappa shape index (κ1) is 15.0. The number of pyridine rings is 1. The van der Waals surface area contributed by atoms with Crippen LogP contribution in [0.5, 0.6) is 0 Å². The number of aromatic amines is 1. The molecular weight excluding hydrogens is 300 g/mol. The van der Waals surface area contributed by atoms with Gasteiger partial charge in [0, 0.05) is 13.2 Å². The lowest BCUT2D eigenvalue weighted by Gasteiger charge is -2.22. The maximum absolute atomic E-state index is 12.1. The van der Waals surface area contributed by atoms with E-state index in [1.165, 1.54) is 0 Å². The fraction of sp³-hybridized carbons (Fsp3) is 0.375. The largest absolute Gasteiger partial charge is 0.376 e. The molecule has 3 heterocycles. The molecule has 1 aliphatic heterocycles. The van der Waals surface area contributed by atoms with E-state index in [4.69, 9.17) is 4.74 Å². The zero-order chi connectivity index (χ0) is 15.4. The third-order valence-electron chi connectivity index (χ3n) is 3.71. The summed E-state index contributed by atoms with van der Waals surface area (Å²) in [7, 11) is 0. The fourth-order valence-corrected chi connectivity index (χ4v) is 3.21. The Hall–Kier alpha value is -1.92. The van der Waals surface area contributed by atoms with Crippen LogP contribution in [0.15, 0.2) is 34.4 Å². The van der Waals surface area contributed by atoms with Gasteiger partial charge < -0.3 is 15.0 Å². The highest BCUT2D eigenvalue weighted by molar-refractivity contribution is 7.13. The number of hydrogen-bond acceptors (Lipinski definition) is 4. The average Bonchev–Trinajstić information content (AvgIpc) is 3.08. The first-order valence-corrected chi connectivity index (χ1v) is 8.29. The maximum Gasteiger partial charge on any atom is 0.261 e. The Kier molecular flexibility index (Phi) is 4.70. The van der Waals surface area contributed by atoms with E-state index >= 15 is 0 Å². The molecule has 0 saturated carbocycles. The molecule has 1 saturated heterocycles. The van der Waals surface area contributed by atoms with E-state index in [-0.39, 0.29) is 23.1 Å². The number of aromatic nitrogens is 1. The minimum Gasteiger partial charge on any atom is -0.376 e. The quantitative estimate of drug-likeness (QED) is 0.909. The second-order valence-corrected chi connectivity index (χ2v) is 6.24. The molecule has 0 unspecified atom stereocenters. The molecule has 6 heteroatoms. The number of nitrogens with one attached hydrogen (secondary N) is 2. The standard InChI is InChI=1S/C16H18N2O3S/c19-15(17-10-11-4-1-2-8-21-11)12-6-7-13(18-16(12)20)14-5-3-9-22-14/h3,5-7,9,11H,1-2,4,8,10H2,(H,17,19)(H,18,20)/t11-/m0/s1. The van der Waals surface area contributed by atoms with Crippen LogP contribution in [0.25, 0.3) is 10.6 Å². The van der Waals surface area contributed by atoms with Crippen LogP contribution in [-0.4, -0.2) is 30.1 Å². The minimum atomic E-state index is -0.368. The van der Waals surface area contributed by atoms with Gasteiger partial charge >= 0.3 is 0 Å². The van der Waals surface area contributed by atoms with Crippen molar-refractivity contribution < 1.29 is 9.53 Å². The normalized spacial score (nSPS) is 18.1. The highest BCUT2D eigenvalue weighted by Gasteiger charge is 2.17. The van der Waals surface area contributed by atoms with Crippen molar-refractivity contribution in [2.45, 2.75) is 25.4 Å². The molecular formula is C16H18N2O3S. The molecule has 1 aliphatic rings. The van der Waals surface area contributed by atoms with E-state index in [2.05, 4.69) is 10.3 Å². The summed E-state index contributed by atoms with van der Waals surface area (Å²) in [5.41, 5.74) is 0.497. The van der Waals surface area contributed by atoms with Crippen molar-refractivity contribution in [2.75, 3.05) is 13.2 Å². The van der Waals surface area contributed by atoms with Crippen molar-refractivity contribution in [1.29, 1.82) is 0 Å². The Morgan fingerprint density at radius 1 is 1.36 bits per heavy atom. The molecule has 0 spiro atoms. The van der Waals surface area contributed by atoms with Crippen molar-refractivity contribution in [3.63, 3.8) is 0 Å². The molecule has 2 aromatic heterocycles. The van der Waals surface area contributed by atoms with E-state index in [0.29, 0.717) is 6.54 Å². The third-order valence-corrected chi connectivity index (χ3v) is 4.61. The van der Waals surface area contributed by atoms with Crippen molar-refractivity contribution in [1.82, 2.24) is 10.3 Å². The summed E-state index contributed by atoms with van der Waals surface area (Å²) in [6.07, 6.45) is 3.21. The van der Waals surface area contributed by atoms with Crippen LogP contribution in [0.1, 0.15) is 29.6 Å². The Balaban J connectivity index is 1.66. The Labute approximate surface area is 132 Å². The fourth-order valence-electron chi connectivity index (χ4n) is 2.50. The molecule has 0 aromatic carbocycles. The first-order chi connectivity index (χ1) is 10.7. The summed E-state index contributed by atoms with van der Waals surface area (Å²) in [4.78, 5) is 27.9. The summed E-state index contributed by atoms with van der Waals surface area (Å²) in [6, 6.07) is 7.18. The van der Waals surface area contributed by atoms with Crippen LogP contribution < -0.4 is 10.9 Å². The number of thiophene rings is 1. The SMILES string of the molecule is O=C(NC[C@@H]1CCCCO1)c1ccc(-c2cccs2)[nH]c1=O. The number of carbonyl (C=O) groups is 1. The van der Waals surface area contributed by atoms with Crippen LogP contribution in [0.2, 0.25) is 0 Å². The summed E-state index contributed by atoms with van der Waals surface area (Å²) < 4.78 is 5.56. The zero-order valence-corrected chi connectivity index (χ0v) is 12.9. The van der Waals surface area contributed by atoms with Gasteiger partial charge in [0.1, 0.15) is 5.56 Å². The number of carbonyl (C=O) groups excluding carboxylic acids is 1. The molecule has 2 aromatic rings. The van der Waals surface area contributed by atoms with Gasteiger partial charge in [-0.15, -0.1) is 11.3 Å². The predicted molar refractivity (Wildman–Crippen MR) is 86.3 cm³/mol. The molecule has 22 heavy (non-hydrogen) atoms. The first-order valence-electron chi connectivity index (χ1n) is 7.41. The van der Waals surface area contributed by atoms with Gasteiger partial charge in [-0.25, -0.2) is 0 Å². The third kappa shape index (κ3) is 3.45. The Morgan fingerprint density at radius 3 is 2.95 bits per heavy atom. The molecule has 1 fully saturated rings. The number of amides is 1. The monoisotopic (exact) mass is 318 g/mol. The summed E-state index contributed by atoms with van der Waals surface area (Å²) >= 11 is 1.54. The van der Waals surface area contributed by atoms with E-state index < -0.39 is 0 Å². The van der Waals surface area contributed by atoms with Crippen LogP contribution in [0.4, 0.5) is 0 Å². The number of hydrogen-bond donors (Lipinski definition) is 2. The van der Waals surface area contributed by atoms with E-state index in [9.17, 15) is 9.59 Å². The zero-order valence-electron chi connectivity index (χ0n) is 12.1. The lowest BCUT2D eigenvalue weighted by Crippen LogP contribution is -2.37. The van der Waals surface area contributed by atoms with E-state index in [1.807, 2.05) is 17.5 Å². The average molecular weight is 318 g/mol. The number of rotatable bonds is 4. The lowest BCUT2D eigenvalue weighted by molar-refractivity contribution is 0.0169. The van der Waals surface area contributed by atoms with E-state index in [1.54, 1.807) is 23.5 Å².